The topological polar surface area (TPSA) is 108 Å². The van der Waals surface area contributed by atoms with Crippen molar-refractivity contribution in [2.75, 3.05) is 0 Å². The summed E-state index contributed by atoms with van der Waals surface area (Å²) in [4.78, 5) is 34.7. The number of alkyl carbamates (subject to hydrolysis) is 1. The number of nitro benzene ring substituents is 1. The van der Waals surface area contributed by atoms with E-state index in [1.165, 1.54) is 26.0 Å². The number of nitrogens with zero attached hydrogens (tertiary/aromatic N) is 1. The van der Waals surface area contributed by atoms with Crippen molar-refractivity contribution in [2.24, 2.45) is 0 Å². The Morgan fingerprint density at radius 2 is 1.67 bits per heavy atom. The van der Waals surface area contributed by atoms with Crippen LogP contribution in [0.4, 0.5) is 23.7 Å². The number of rotatable bonds is 7. The van der Waals surface area contributed by atoms with E-state index in [-0.39, 0.29) is 23.4 Å². The van der Waals surface area contributed by atoms with Crippen LogP contribution in [0, 0.1) is 10.1 Å². The van der Waals surface area contributed by atoms with Gasteiger partial charge in [0.05, 0.1) is 17.0 Å². The van der Waals surface area contributed by atoms with Gasteiger partial charge in [-0.15, -0.1) is 0 Å². The van der Waals surface area contributed by atoms with E-state index >= 15 is 0 Å². The zero-order chi connectivity index (χ0) is 23.3. The highest BCUT2D eigenvalue weighted by atomic mass is 19.4. The molecule has 168 valence electrons. The van der Waals surface area contributed by atoms with E-state index in [1.54, 1.807) is 20.8 Å². The van der Waals surface area contributed by atoms with Gasteiger partial charge in [0.1, 0.15) is 11.2 Å². The monoisotopic (exact) mass is 434 g/mol. The maximum absolute atomic E-state index is 12.4. The fourth-order valence-electron chi connectivity index (χ4n) is 2.32. The molecule has 0 aliphatic carbocycles. The van der Waals surface area contributed by atoms with Crippen LogP contribution in [0.3, 0.4) is 0 Å². The number of hydrogen-bond donors (Lipinski definition) is 1. The maximum Gasteiger partial charge on any atom is 0.407 e. The van der Waals surface area contributed by atoms with Crippen molar-refractivity contribution in [3.8, 4) is 0 Å². The minimum Gasteiger partial charge on any atom is -0.456 e. The summed E-state index contributed by atoms with van der Waals surface area (Å²) in [5.41, 5.74) is -2.47. The highest BCUT2D eigenvalue weighted by Gasteiger charge is 2.33. The molecule has 0 unspecified atom stereocenters. The van der Waals surface area contributed by atoms with Crippen molar-refractivity contribution < 1.29 is 37.2 Å². The minimum atomic E-state index is -4.39. The van der Waals surface area contributed by atoms with Crippen molar-refractivity contribution in [3.63, 3.8) is 0 Å². The molecule has 0 radical (unpaired) electrons. The van der Waals surface area contributed by atoms with E-state index in [0.29, 0.717) is 0 Å². The molecular weight excluding hydrogens is 409 g/mol. The Morgan fingerprint density at radius 1 is 1.07 bits per heavy atom. The Hall–Kier alpha value is -2.85. The summed E-state index contributed by atoms with van der Waals surface area (Å²) in [6.07, 6.45) is -7.01. The molecule has 1 amide bonds. The Morgan fingerprint density at radius 3 is 2.17 bits per heavy atom. The fraction of sp³-hybridized carbons (Fsp3) is 0.579. The molecule has 0 aliphatic heterocycles. The van der Waals surface area contributed by atoms with Crippen LogP contribution in [0.2, 0.25) is 0 Å². The lowest BCUT2D eigenvalue weighted by Crippen LogP contribution is -2.35. The van der Waals surface area contributed by atoms with E-state index in [0.717, 1.165) is 6.07 Å². The van der Waals surface area contributed by atoms with E-state index in [4.69, 9.17) is 9.47 Å². The van der Waals surface area contributed by atoms with Gasteiger partial charge in [-0.3, -0.25) is 10.1 Å². The van der Waals surface area contributed by atoms with Crippen molar-refractivity contribution >= 4 is 17.7 Å². The van der Waals surface area contributed by atoms with Crippen LogP contribution in [0.25, 0.3) is 0 Å². The standard InChI is InChI=1S/C19H25F3N2O6/c1-17(2,3)29-15(25)12-6-7-14(24(27)28)13(10-12)11-23-16(26)30-18(4,5)8-9-19(20,21)22/h6-7,10H,8-9,11H2,1-5H3,(H,23,26). The van der Waals surface area contributed by atoms with Gasteiger partial charge in [0.25, 0.3) is 5.69 Å². The molecule has 0 atom stereocenters. The smallest absolute Gasteiger partial charge is 0.407 e. The Kier molecular flexibility index (Phi) is 7.82. The van der Waals surface area contributed by atoms with E-state index in [2.05, 4.69) is 5.32 Å². The van der Waals surface area contributed by atoms with Crippen molar-refractivity contribution in [1.29, 1.82) is 0 Å². The number of ether oxygens (including phenoxy) is 2. The lowest BCUT2D eigenvalue weighted by Gasteiger charge is -2.25. The lowest BCUT2D eigenvalue weighted by atomic mass is 10.0. The third-order valence-corrected chi connectivity index (χ3v) is 3.71. The van der Waals surface area contributed by atoms with Gasteiger partial charge in [0.15, 0.2) is 0 Å². The number of benzene rings is 1. The van der Waals surface area contributed by atoms with Crippen molar-refractivity contribution in [1.82, 2.24) is 5.32 Å². The molecule has 0 aromatic heterocycles. The van der Waals surface area contributed by atoms with Gasteiger partial charge >= 0.3 is 18.2 Å². The SMILES string of the molecule is CC(C)(C)OC(=O)c1ccc([N+](=O)[O-])c(CNC(=O)OC(C)(C)CCC(F)(F)F)c1. The zero-order valence-electron chi connectivity index (χ0n) is 17.4. The molecule has 1 N–H and O–H groups in total. The number of nitro groups is 1. The van der Waals surface area contributed by atoms with E-state index in [9.17, 15) is 32.9 Å². The van der Waals surface area contributed by atoms with Crippen LogP contribution in [-0.4, -0.2) is 34.4 Å². The number of alkyl halides is 3. The third-order valence-electron chi connectivity index (χ3n) is 3.71. The summed E-state index contributed by atoms with van der Waals surface area (Å²) in [6.45, 7) is 7.26. The van der Waals surface area contributed by atoms with Gasteiger partial charge < -0.3 is 14.8 Å². The molecule has 0 saturated carbocycles. The van der Waals surface area contributed by atoms with Crippen LogP contribution in [0.5, 0.6) is 0 Å². The van der Waals surface area contributed by atoms with Crippen LogP contribution in [-0.2, 0) is 16.0 Å². The van der Waals surface area contributed by atoms with Crippen LogP contribution in [0.15, 0.2) is 18.2 Å². The predicted molar refractivity (Wildman–Crippen MR) is 101 cm³/mol. The number of hydrogen-bond acceptors (Lipinski definition) is 6. The summed E-state index contributed by atoms with van der Waals surface area (Å²) in [6, 6.07) is 3.55. The second-order valence-corrected chi connectivity index (χ2v) is 8.22. The highest BCUT2D eigenvalue weighted by molar-refractivity contribution is 5.90. The Labute approximate surface area is 171 Å². The fourth-order valence-corrected chi connectivity index (χ4v) is 2.32. The predicted octanol–water partition coefficient (Wildman–Crippen LogP) is 4.90. The molecule has 30 heavy (non-hydrogen) atoms. The van der Waals surface area contributed by atoms with Gasteiger partial charge in [0.2, 0.25) is 0 Å². The average molecular weight is 434 g/mol. The average Bonchev–Trinajstić information content (AvgIpc) is 2.55. The first-order valence-electron chi connectivity index (χ1n) is 9.03. The van der Waals surface area contributed by atoms with Crippen LogP contribution < -0.4 is 5.32 Å². The molecule has 1 rings (SSSR count). The van der Waals surface area contributed by atoms with Gasteiger partial charge in [-0.05, 0) is 53.2 Å². The number of esters is 1. The molecule has 0 aliphatic rings. The Bertz CT molecular complexity index is 800. The number of carbonyl (C=O) groups excluding carboxylic acids is 2. The molecule has 1 aromatic rings. The van der Waals surface area contributed by atoms with Gasteiger partial charge in [-0.1, -0.05) is 0 Å². The summed E-state index contributed by atoms with van der Waals surface area (Å²) in [5.74, 6) is -0.700. The summed E-state index contributed by atoms with van der Waals surface area (Å²) in [7, 11) is 0. The molecular formula is C19H25F3N2O6. The molecule has 0 fully saturated rings. The maximum atomic E-state index is 12.4. The highest BCUT2D eigenvalue weighted by Crippen LogP contribution is 2.28. The second kappa shape index (κ2) is 9.31. The van der Waals surface area contributed by atoms with E-state index in [1.807, 2.05) is 0 Å². The Balaban J connectivity index is 2.87. The quantitative estimate of drug-likeness (QED) is 0.372. The molecule has 0 heterocycles. The second-order valence-electron chi connectivity index (χ2n) is 8.22. The summed E-state index contributed by atoms with van der Waals surface area (Å²) >= 11 is 0. The first-order valence-corrected chi connectivity index (χ1v) is 9.03. The molecule has 11 heteroatoms. The molecule has 0 bridgehead atoms. The lowest BCUT2D eigenvalue weighted by molar-refractivity contribution is -0.385. The van der Waals surface area contributed by atoms with Crippen molar-refractivity contribution in [3.05, 3.63) is 39.4 Å². The largest absolute Gasteiger partial charge is 0.456 e. The van der Waals surface area contributed by atoms with Gasteiger partial charge in [-0.25, -0.2) is 9.59 Å². The summed E-state index contributed by atoms with van der Waals surface area (Å²) in [5, 5.41) is 13.5. The molecule has 8 nitrogen and oxygen atoms in total. The van der Waals surface area contributed by atoms with Crippen molar-refractivity contribution in [2.45, 2.75) is 71.4 Å². The number of halogens is 3. The van der Waals surface area contributed by atoms with Crippen LogP contribution >= 0.6 is 0 Å². The minimum absolute atomic E-state index is 0.00778. The molecule has 0 spiro atoms. The number of carbonyl (C=O) groups is 2. The van der Waals surface area contributed by atoms with E-state index < -0.39 is 47.2 Å². The molecule has 0 saturated heterocycles. The normalized spacial score (nSPS) is 12.3. The number of amides is 1. The summed E-state index contributed by atoms with van der Waals surface area (Å²) < 4.78 is 47.3. The van der Waals surface area contributed by atoms with Gasteiger partial charge in [0, 0.05) is 18.1 Å². The van der Waals surface area contributed by atoms with Crippen LogP contribution in [0.1, 0.15) is 63.4 Å². The first-order chi connectivity index (χ1) is 13.5. The number of nitrogens with one attached hydrogen (secondary N) is 1. The molecule has 1 aromatic carbocycles. The zero-order valence-corrected chi connectivity index (χ0v) is 17.4. The first kappa shape index (κ1) is 25.2. The van der Waals surface area contributed by atoms with Gasteiger partial charge in [-0.2, -0.15) is 13.2 Å². The third kappa shape index (κ3) is 9.10.